The van der Waals surface area contributed by atoms with Crippen LogP contribution in [0.25, 0.3) is 0 Å². The molecule has 0 unspecified atom stereocenters. The van der Waals surface area contributed by atoms with Crippen LogP contribution in [0, 0.1) is 13.8 Å². The number of sulfonamides is 1. The van der Waals surface area contributed by atoms with Crippen molar-refractivity contribution in [2.24, 2.45) is 0 Å². The van der Waals surface area contributed by atoms with Crippen LogP contribution in [-0.2, 0) is 16.6 Å². The molecule has 1 rings (SSSR count). The molecule has 0 fully saturated rings. The molecule has 0 saturated heterocycles. The van der Waals surface area contributed by atoms with Crippen molar-refractivity contribution in [1.29, 1.82) is 0 Å². The lowest BCUT2D eigenvalue weighted by molar-refractivity contribution is 0.409. The van der Waals surface area contributed by atoms with E-state index in [1.807, 2.05) is 20.8 Å². The highest BCUT2D eigenvalue weighted by Crippen LogP contribution is 2.24. The van der Waals surface area contributed by atoms with E-state index in [0.29, 0.717) is 41.8 Å². The monoisotopic (exact) mass is 335 g/mol. The number of nitrogens with zero attached hydrogens (tertiary/aromatic N) is 3. The van der Waals surface area contributed by atoms with Crippen LogP contribution in [0.15, 0.2) is 4.90 Å². The van der Waals surface area contributed by atoms with E-state index in [9.17, 15) is 8.42 Å². The van der Waals surface area contributed by atoms with E-state index in [1.54, 1.807) is 15.9 Å². The minimum absolute atomic E-state index is 0.360. The van der Waals surface area contributed by atoms with E-state index in [1.165, 1.54) is 0 Å². The van der Waals surface area contributed by atoms with Crippen molar-refractivity contribution in [2.75, 3.05) is 19.0 Å². The summed E-state index contributed by atoms with van der Waals surface area (Å²) >= 11 is 5.71. The second kappa shape index (κ2) is 8.15. The summed E-state index contributed by atoms with van der Waals surface area (Å²) in [6.07, 6.45) is 2.38. The van der Waals surface area contributed by atoms with Gasteiger partial charge in [-0.15, -0.1) is 11.6 Å². The third kappa shape index (κ3) is 4.20. The number of halogens is 1. The van der Waals surface area contributed by atoms with E-state index in [-0.39, 0.29) is 0 Å². The first-order valence-electron chi connectivity index (χ1n) is 7.50. The van der Waals surface area contributed by atoms with E-state index >= 15 is 0 Å². The molecule has 0 aromatic carbocycles. The molecule has 1 heterocycles. The molecule has 122 valence electrons. The van der Waals surface area contributed by atoms with Gasteiger partial charge in [-0.2, -0.15) is 9.40 Å². The maximum atomic E-state index is 12.9. The van der Waals surface area contributed by atoms with Crippen molar-refractivity contribution in [2.45, 2.75) is 58.4 Å². The molecule has 0 saturated carbocycles. The van der Waals surface area contributed by atoms with Crippen molar-refractivity contribution in [3.63, 3.8) is 0 Å². The summed E-state index contributed by atoms with van der Waals surface area (Å²) in [5, 5.41) is 4.37. The normalized spacial score (nSPS) is 12.3. The predicted octanol–water partition coefficient (Wildman–Crippen LogP) is 2.94. The Balaban J connectivity index is 3.20. The van der Waals surface area contributed by atoms with Gasteiger partial charge < -0.3 is 0 Å². The van der Waals surface area contributed by atoms with Crippen LogP contribution in [0.2, 0.25) is 0 Å². The zero-order valence-corrected chi connectivity index (χ0v) is 15.0. The minimum atomic E-state index is -3.47. The average molecular weight is 336 g/mol. The number of aromatic nitrogens is 2. The van der Waals surface area contributed by atoms with E-state index in [2.05, 4.69) is 5.10 Å². The minimum Gasteiger partial charge on any atom is -0.268 e. The molecule has 0 atom stereocenters. The van der Waals surface area contributed by atoms with Gasteiger partial charge in [0.1, 0.15) is 4.90 Å². The molecular weight excluding hydrogens is 310 g/mol. The second-order valence-electron chi connectivity index (χ2n) is 5.17. The van der Waals surface area contributed by atoms with Gasteiger partial charge in [-0.1, -0.05) is 13.8 Å². The fourth-order valence-electron chi connectivity index (χ4n) is 2.46. The molecule has 21 heavy (non-hydrogen) atoms. The first kappa shape index (κ1) is 18.5. The van der Waals surface area contributed by atoms with E-state index in [4.69, 9.17) is 11.6 Å². The van der Waals surface area contributed by atoms with Gasteiger partial charge in [0.05, 0.1) is 11.4 Å². The summed E-state index contributed by atoms with van der Waals surface area (Å²) in [6.45, 7) is 9.28. The molecule has 5 nitrogen and oxygen atoms in total. The standard InChI is InChI=1S/C14H26ClN3O2S/c1-5-9-17(10-6-2)21(19,20)14-12(3)16-18(13(14)4)11-7-8-15/h5-11H2,1-4H3. The molecule has 0 spiro atoms. The highest BCUT2D eigenvalue weighted by molar-refractivity contribution is 7.89. The first-order valence-corrected chi connectivity index (χ1v) is 9.47. The van der Waals surface area contributed by atoms with Crippen molar-refractivity contribution in [1.82, 2.24) is 14.1 Å². The number of rotatable bonds is 9. The Morgan fingerprint density at radius 3 is 2.24 bits per heavy atom. The maximum Gasteiger partial charge on any atom is 0.246 e. The molecule has 0 aliphatic heterocycles. The summed E-state index contributed by atoms with van der Waals surface area (Å²) in [5.41, 5.74) is 1.27. The molecule has 0 bridgehead atoms. The van der Waals surface area contributed by atoms with Gasteiger partial charge >= 0.3 is 0 Å². The summed E-state index contributed by atoms with van der Waals surface area (Å²) in [4.78, 5) is 0.360. The Labute approximate surface area is 133 Å². The van der Waals surface area contributed by atoms with Crippen molar-refractivity contribution >= 4 is 21.6 Å². The predicted molar refractivity (Wildman–Crippen MR) is 86.4 cm³/mol. The van der Waals surface area contributed by atoms with Crippen LogP contribution >= 0.6 is 11.6 Å². The Morgan fingerprint density at radius 1 is 1.19 bits per heavy atom. The van der Waals surface area contributed by atoms with Gasteiger partial charge in [0, 0.05) is 25.5 Å². The molecular formula is C14H26ClN3O2S. The lowest BCUT2D eigenvalue weighted by Crippen LogP contribution is -2.33. The van der Waals surface area contributed by atoms with E-state index in [0.717, 1.165) is 19.3 Å². The second-order valence-corrected chi connectivity index (χ2v) is 7.42. The number of hydrogen-bond acceptors (Lipinski definition) is 3. The number of hydrogen-bond donors (Lipinski definition) is 0. The van der Waals surface area contributed by atoms with Crippen molar-refractivity contribution in [3.8, 4) is 0 Å². The summed E-state index contributed by atoms with van der Waals surface area (Å²) in [5.74, 6) is 0.540. The largest absolute Gasteiger partial charge is 0.268 e. The molecule has 1 aromatic rings. The Hall–Kier alpha value is -0.590. The molecule has 0 amide bonds. The Bertz CT molecular complexity index is 549. The number of aryl methyl sites for hydroxylation is 2. The highest BCUT2D eigenvalue weighted by atomic mass is 35.5. The van der Waals surface area contributed by atoms with Gasteiger partial charge in [-0.3, -0.25) is 4.68 Å². The smallest absolute Gasteiger partial charge is 0.246 e. The van der Waals surface area contributed by atoms with Crippen LogP contribution < -0.4 is 0 Å². The van der Waals surface area contributed by atoms with Crippen LogP contribution in [0.4, 0.5) is 0 Å². The zero-order chi connectivity index (χ0) is 16.0. The summed E-state index contributed by atoms with van der Waals surface area (Å²) < 4.78 is 29.1. The molecule has 1 aromatic heterocycles. The highest BCUT2D eigenvalue weighted by Gasteiger charge is 2.29. The summed E-state index contributed by atoms with van der Waals surface area (Å²) in [7, 11) is -3.47. The van der Waals surface area contributed by atoms with Gasteiger partial charge in [0.2, 0.25) is 10.0 Å². The van der Waals surface area contributed by atoms with Crippen molar-refractivity contribution < 1.29 is 8.42 Å². The Morgan fingerprint density at radius 2 is 1.76 bits per heavy atom. The van der Waals surface area contributed by atoms with Crippen LogP contribution in [-0.4, -0.2) is 41.5 Å². The third-order valence-corrected chi connectivity index (χ3v) is 5.78. The van der Waals surface area contributed by atoms with E-state index < -0.39 is 10.0 Å². The quantitative estimate of drug-likeness (QED) is 0.652. The van der Waals surface area contributed by atoms with Gasteiger partial charge in [0.15, 0.2) is 0 Å². The molecule has 0 radical (unpaired) electrons. The fourth-order valence-corrected chi connectivity index (χ4v) is 4.58. The number of alkyl halides is 1. The zero-order valence-electron chi connectivity index (χ0n) is 13.4. The van der Waals surface area contributed by atoms with Crippen LogP contribution in [0.1, 0.15) is 44.5 Å². The van der Waals surface area contributed by atoms with Crippen LogP contribution in [0.5, 0.6) is 0 Å². The topological polar surface area (TPSA) is 55.2 Å². The maximum absolute atomic E-state index is 12.9. The van der Waals surface area contributed by atoms with Crippen LogP contribution in [0.3, 0.4) is 0 Å². The lowest BCUT2D eigenvalue weighted by atomic mass is 10.4. The molecule has 0 N–H and O–H groups in total. The lowest BCUT2D eigenvalue weighted by Gasteiger charge is -2.21. The Kier molecular flexibility index (Phi) is 7.16. The SMILES string of the molecule is CCCN(CCC)S(=O)(=O)c1c(C)nn(CCCCl)c1C. The molecule has 0 aliphatic carbocycles. The first-order chi connectivity index (χ1) is 9.89. The van der Waals surface area contributed by atoms with Gasteiger partial charge in [-0.25, -0.2) is 8.42 Å². The third-order valence-electron chi connectivity index (χ3n) is 3.36. The average Bonchev–Trinajstić information content (AvgIpc) is 2.71. The molecule has 7 heteroatoms. The fraction of sp³-hybridized carbons (Fsp3) is 0.786. The van der Waals surface area contributed by atoms with Gasteiger partial charge in [-0.05, 0) is 33.1 Å². The van der Waals surface area contributed by atoms with Crippen molar-refractivity contribution in [3.05, 3.63) is 11.4 Å². The molecule has 0 aliphatic rings. The summed E-state index contributed by atoms with van der Waals surface area (Å²) in [6, 6.07) is 0. The van der Waals surface area contributed by atoms with Gasteiger partial charge in [0.25, 0.3) is 0 Å².